The second-order valence-electron chi connectivity index (χ2n) is 5.13. The normalized spacial score (nSPS) is 19.6. The predicted octanol–water partition coefficient (Wildman–Crippen LogP) is 2.92. The molecule has 20 heavy (non-hydrogen) atoms. The summed E-state index contributed by atoms with van der Waals surface area (Å²) < 4.78 is 5.83. The van der Waals surface area contributed by atoms with Crippen molar-refractivity contribution in [1.82, 2.24) is 9.88 Å². The van der Waals surface area contributed by atoms with Crippen LogP contribution in [0.15, 0.2) is 34.9 Å². The van der Waals surface area contributed by atoms with Crippen LogP contribution in [-0.2, 0) is 6.54 Å². The molecule has 0 bridgehead atoms. The highest BCUT2D eigenvalue weighted by molar-refractivity contribution is 6.30. The largest absolute Gasteiger partial charge is 0.439 e. The molecule has 0 spiro atoms. The first-order valence-electron chi connectivity index (χ1n) is 6.91. The third kappa shape index (κ3) is 2.87. The molecule has 106 valence electrons. The SMILES string of the molecule is NCC1CCCN1Cc1ncc(-c2ccc(Cl)cc2)o1. The number of oxazole rings is 1. The molecule has 2 heterocycles. The second kappa shape index (κ2) is 5.95. The number of halogens is 1. The Bertz CT molecular complexity index is 567. The number of benzene rings is 1. The average molecular weight is 292 g/mol. The summed E-state index contributed by atoms with van der Waals surface area (Å²) in [6, 6.07) is 8.03. The number of likely N-dealkylation sites (tertiary alicyclic amines) is 1. The van der Waals surface area contributed by atoms with Gasteiger partial charge in [-0.15, -0.1) is 0 Å². The van der Waals surface area contributed by atoms with Gasteiger partial charge in [0, 0.05) is 23.2 Å². The minimum absolute atomic E-state index is 0.459. The van der Waals surface area contributed by atoms with E-state index in [-0.39, 0.29) is 0 Å². The van der Waals surface area contributed by atoms with Crippen LogP contribution in [-0.4, -0.2) is 29.0 Å². The highest BCUT2D eigenvalue weighted by Crippen LogP contribution is 2.24. The van der Waals surface area contributed by atoms with E-state index in [2.05, 4.69) is 9.88 Å². The molecule has 1 saturated heterocycles. The second-order valence-corrected chi connectivity index (χ2v) is 5.56. The maximum absolute atomic E-state index is 5.88. The molecule has 1 aliphatic heterocycles. The van der Waals surface area contributed by atoms with Crippen molar-refractivity contribution in [2.75, 3.05) is 13.1 Å². The van der Waals surface area contributed by atoms with Crippen molar-refractivity contribution in [2.45, 2.75) is 25.4 Å². The lowest BCUT2D eigenvalue weighted by Crippen LogP contribution is -2.34. The van der Waals surface area contributed by atoms with E-state index in [0.29, 0.717) is 12.6 Å². The number of rotatable bonds is 4. The van der Waals surface area contributed by atoms with Crippen LogP contribution in [0.4, 0.5) is 0 Å². The maximum atomic E-state index is 5.88. The summed E-state index contributed by atoms with van der Waals surface area (Å²) in [6.07, 6.45) is 4.14. The summed E-state index contributed by atoms with van der Waals surface area (Å²) in [5.41, 5.74) is 6.77. The van der Waals surface area contributed by atoms with E-state index in [0.717, 1.165) is 35.3 Å². The summed E-state index contributed by atoms with van der Waals surface area (Å²) in [6.45, 7) is 2.50. The first kappa shape index (κ1) is 13.6. The van der Waals surface area contributed by atoms with Crippen molar-refractivity contribution in [3.05, 3.63) is 41.4 Å². The highest BCUT2D eigenvalue weighted by Gasteiger charge is 2.24. The van der Waals surface area contributed by atoms with Crippen molar-refractivity contribution >= 4 is 11.6 Å². The Morgan fingerprint density at radius 1 is 1.35 bits per heavy atom. The van der Waals surface area contributed by atoms with Gasteiger partial charge in [-0.05, 0) is 43.7 Å². The molecule has 4 nitrogen and oxygen atoms in total. The lowest BCUT2D eigenvalue weighted by Gasteiger charge is -2.20. The number of hydrogen-bond donors (Lipinski definition) is 1. The van der Waals surface area contributed by atoms with Gasteiger partial charge in [0.1, 0.15) is 0 Å². The predicted molar refractivity (Wildman–Crippen MR) is 79.4 cm³/mol. The van der Waals surface area contributed by atoms with E-state index in [1.54, 1.807) is 6.20 Å². The topological polar surface area (TPSA) is 55.3 Å². The van der Waals surface area contributed by atoms with Crippen LogP contribution >= 0.6 is 11.6 Å². The molecule has 1 unspecified atom stereocenters. The maximum Gasteiger partial charge on any atom is 0.209 e. The van der Waals surface area contributed by atoms with E-state index >= 15 is 0 Å². The summed E-state index contributed by atoms with van der Waals surface area (Å²) in [5.74, 6) is 1.52. The Balaban J connectivity index is 1.72. The van der Waals surface area contributed by atoms with Gasteiger partial charge in [0.05, 0.1) is 12.7 Å². The van der Waals surface area contributed by atoms with Gasteiger partial charge in [0.15, 0.2) is 5.76 Å². The van der Waals surface area contributed by atoms with Crippen LogP contribution in [0.25, 0.3) is 11.3 Å². The van der Waals surface area contributed by atoms with Gasteiger partial charge in [-0.3, -0.25) is 4.90 Å². The molecule has 1 aromatic carbocycles. The highest BCUT2D eigenvalue weighted by atomic mass is 35.5. The average Bonchev–Trinajstić information content (AvgIpc) is 3.09. The van der Waals surface area contributed by atoms with E-state index in [4.69, 9.17) is 21.8 Å². The molecule has 5 heteroatoms. The minimum Gasteiger partial charge on any atom is -0.439 e. The molecule has 0 aliphatic carbocycles. The molecular formula is C15H18ClN3O. The molecule has 2 aromatic rings. The molecular weight excluding hydrogens is 274 g/mol. The van der Waals surface area contributed by atoms with Crippen LogP contribution in [0.1, 0.15) is 18.7 Å². The summed E-state index contributed by atoms with van der Waals surface area (Å²) in [7, 11) is 0. The summed E-state index contributed by atoms with van der Waals surface area (Å²) >= 11 is 5.88. The van der Waals surface area contributed by atoms with Crippen LogP contribution in [0.2, 0.25) is 5.02 Å². The van der Waals surface area contributed by atoms with Crippen LogP contribution < -0.4 is 5.73 Å². The van der Waals surface area contributed by atoms with Gasteiger partial charge in [-0.25, -0.2) is 4.98 Å². The first-order valence-corrected chi connectivity index (χ1v) is 7.29. The van der Waals surface area contributed by atoms with Gasteiger partial charge in [0.2, 0.25) is 5.89 Å². The monoisotopic (exact) mass is 291 g/mol. The quantitative estimate of drug-likeness (QED) is 0.941. The molecule has 1 aromatic heterocycles. The lowest BCUT2D eigenvalue weighted by molar-refractivity contribution is 0.226. The zero-order chi connectivity index (χ0) is 13.9. The van der Waals surface area contributed by atoms with Gasteiger partial charge < -0.3 is 10.2 Å². The fourth-order valence-corrected chi connectivity index (χ4v) is 2.80. The molecule has 1 fully saturated rings. The molecule has 3 rings (SSSR count). The third-order valence-corrected chi connectivity index (χ3v) is 4.04. The Labute approximate surface area is 123 Å². The smallest absolute Gasteiger partial charge is 0.209 e. The Hall–Kier alpha value is -1.36. The van der Waals surface area contributed by atoms with Crippen molar-refractivity contribution in [2.24, 2.45) is 5.73 Å². The Kier molecular flexibility index (Phi) is 4.05. The van der Waals surface area contributed by atoms with Crippen LogP contribution in [0.3, 0.4) is 0 Å². The van der Waals surface area contributed by atoms with Gasteiger partial charge >= 0.3 is 0 Å². The zero-order valence-corrected chi connectivity index (χ0v) is 12.0. The number of nitrogens with zero attached hydrogens (tertiary/aromatic N) is 2. The summed E-state index contributed by atoms with van der Waals surface area (Å²) in [5, 5.41) is 0.719. The fraction of sp³-hybridized carbons (Fsp3) is 0.400. The number of aromatic nitrogens is 1. The molecule has 0 amide bonds. The van der Waals surface area contributed by atoms with Crippen molar-refractivity contribution < 1.29 is 4.42 Å². The first-order chi connectivity index (χ1) is 9.76. The zero-order valence-electron chi connectivity index (χ0n) is 11.3. The standard InChI is InChI=1S/C15H18ClN3O/c16-12-5-3-11(4-6-12)14-9-18-15(20-14)10-19-7-1-2-13(19)8-17/h3-6,9,13H,1-2,7-8,10,17H2. The molecule has 2 N–H and O–H groups in total. The van der Waals surface area contributed by atoms with Gasteiger partial charge in [-0.2, -0.15) is 0 Å². The van der Waals surface area contributed by atoms with Gasteiger partial charge in [0.25, 0.3) is 0 Å². The summed E-state index contributed by atoms with van der Waals surface area (Å²) in [4.78, 5) is 6.71. The molecule has 0 radical (unpaired) electrons. The molecule has 0 saturated carbocycles. The van der Waals surface area contributed by atoms with E-state index in [1.807, 2.05) is 24.3 Å². The molecule has 1 atom stereocenters. The molecule has 1 aliphatic rings. The van der Waals surface area contributed by atoms with E-state index < -0.39 is 0 Å². The third-order valence-electron chi connectivity index (χ3n) is 3.79. The Morgan fingerprint density at radius 2 is 2.15 bits per heavy atom. The van der Waals surface area contributed by atoms with E-state index in [1.165, 1.54) is 12.8 Å². The van der Waals surface area contributed by atoms with E-state index in [9.17, 15) is 0 Å². The minimum atomic E-state index is 0.459. The van der Waals surface area contributed by atoms with Crippen LogP contribution in [0.5, 0.6) is 0 Å². The van der Waals surface area contributed by atoms with Crippen molar-refractivity contribution in [3.8, 4) is 11.3 Å². The number of hydrogen-bond acceptors (Lipinski definition) is 4. The Morgan fingerprint density at radius 3 is 2.90 bits per heavy atom. The van der Waals surface area contributed by atoms with Crippen molar-refractivity contribution in [3.63, 3.8) is 0 Å². The fourth-order valence-electron chi connectivity index (χ4n) is 2.67. The van der Waals surface area contributed by atoms with Crippen molar-refractivity contribution in [1.29, 1.82) is 0 Å². The number of nitrogens with two attached hydrogens (primary N) is 1. The lowest BCUT2D eigenvalue weighted by atomic mass is 10.2. The van der Waals surface area contributed by atoms with Gasteiger partial charge in [-0.1, -0.05) is 11.6 Å². The van der Waals surface area contributed by atoms with Crippen LogP contribution in [0, 0.1) is 0 Å².